The van der Waals surface area contributed by atoms with E-state index in [9.17, 15) is 5.11 Å². The number of nitrogens with two attached hydrogens (primary N) is 1. The van der Waals surface area contributed by atoms with Crippen LogP contribution < -0.4 is 10.5 Å². The Hall–Kier alpha value is -0.870. The second kappa shape index (κ2) is 3.71. The maximum atomic E-state index is 9.85. The molecule has 0 aliphatic carbocycles. The quantitative estimate of drug-likeness (QED) is 0.697. The molecule has 1 aliphatic rings. The first kappa shape index (κ1) is 9.68. The predicted octanol–water partition coefficient (Wildman–Crippen LogP) is 1.90. The van der Waals surface area contributed by atoms with Gasteiger partial charge in [-0.2, -0.15) is 0 Å². The molecule has 3 N–H and O–H groups in total. The van der Waals surface area contributed by atoms with Crippen LogP contribution in [0.4, 0.5) is 0 Å². The van der Waals surface area contributed by atoms with E-state index >= 15 is 0 Å². The van der Waals surface area contributed by atoms with E-state index in [1.54, 1.807) is 0 Å². The predicted molar refractivity (Wildman–Crippen MR) is 56.9 cm³/mol. The van der Waals surface area contributed by atoms with E-state index in [0.717, 1.165) is 16.9 Å². The summed E-state index contributed by atoms with van der Waals surface area (Å²) in [6.07, 6.45) is 2.73. The monoisotopic (exact) mass is 211 g/mol. The van der Waals surface area contributed by atoms with Gasteiger partial charge in [-0.15, -0.1) is 11.8 Å². The lowest BCUT2D eigenvalue weighted by Crippen LogP contribution is -2.20. The molecular formula is C10H13NO2S. The van der Waals surface area contributed by atoms with Gasteiger partial charge in [0, 0.05) is 18.0 Å². The molecule has 14 heavy (non-hydrogen) atoms. The average Bonchev–Trinajstić information content (AvgIpc) is 2.20. The van der Waals surface area contributed by atoms with Crippen molar-refractivity contribution in [2.45, 2.75) is 17.4 Å². The minimum absolute atomic E-state index is 0.0134. The Labute approximate surface area is 87.3 Å². The topological polar surface area (TPSA) is 55.5 Å². The first-order valence-corrected chi connectivity index (χ1v) is 5.74. The van der Waals surface area contributed by atoms with Crippen molar-refractivity contribution in [3.05, 3.63) is 17.7 Å². The highest BCUT2D eigenvalue weighted by Gasteiger charge is 2.22. The largest absolute Gasteiger partial charge is 0.503 e. The van der Waals surface area contributed by atoms with E-state index in [-0.39, 0.29) is 11.8 Å². The highest BCUT2D eigenvalue weighted by atomic mass is 32.2. The Bertz CT molecular complexity index is 354. The van der Waals surface area contributed by atoms with Crippen molar-refractivity contribution in [2.24, 2.45) is 5.73 Å². The van der Waals surface area contributed by atoms with Crippen molar-refractivity contribution < 1.29 is 9.84 Å². The second-order valence-electron chi connectivity index (χ2n) is 3.28. The molecule has 0 unspecified atom stereocenters. The minimum atomic E-state index is -0.0134. The molecule has 1 aromatic carbocycles. The molecule has 0 saturated heterocycles. The van der Waals surface area contributed by atoms with Crippen LogP contribution in [0.2, 0.25) is 0 Å². The van der Waals surface area contributed by atoms with Crippen LogP contribution in [0.1, 0.15) is 18.0 Å². The zero-order chi connectivity index (χ0) is 10.1. The van der Waals surface area contributed by atoms with Gasteiger partial charge in [-0.05, 0) is 12.3 Å². The first-order chi connectivity index (χ1) is 6.74. The maximum Gasteiger partial charge on any atom is 0.171 e. The SMILES string of the molecule is CSc1ccc2c(c1O)OCC[C@H]2N. The van der Waals surface area contributed by atoms with Crippen LogP contribution >= 0.6 is 11.8 Å². The van der Waals surface area contributed by atoms with E-state index in [1.807, 2.05) is 18.4 Å². The number of fused-ring (bicyclic) bond motifs is 1. The van der Waals surface area contributed by atoms with Gasteiger partial charge in [0.1, 0.15) is 0 Å². The summed E-state index contributed by atoms with van der Waals surface area (Å²) >= 11 is 1.50. The Morgan fingerprint density at radius 3 is 3.07 bits per heavy atom. The summed E-state index contributed by atoms with van der Waals surface area (Å²) in [4.78, 5) is 0.831. The van der Waals surface area contributed by atoms with Gasteiger partial charge in [-0.25, -0.2) is 0 Å². The molecule has 0 fully saturated rings. The highest BCUT2D eigenvalue weighted by Crippen LogP contribution is 2.42. The zero-order valence-electron chi connectivity index (χ0n) is 7.99. The van der Waals surface area contributed by atoms with Crippen LogP contribution in [0.3, 0.4) is 0 Å². The van der Waals surface area contributed by atoms with Gasteiger partial charge in [-0.1, -0.05) is 6.07 Å². The van der Waals surface area contributed by atoms with Gasteiger partial charge in [-0.3, -0.25) is 0 Å². The van der Waals surface area contributed by atoms with Crippen molar-refractivity contribution in [2.75, 3.05) is 12.9 Å². The Kier molecular flexibility index (Phi) is 2.56. The number of phenolic OH excluding ortho intramolecular Hbond substituents is 1. The van der Waals surface area contributed by atoms with Crippen molar-refractivity contribution in [1.82, 2.24) is 0 Å². The molecule has 0 aromatic heterocycles. The number of rotatable bonds is 1. The number of thioether (sulfide) groups is 1. The van der Waals surface area contributed by atoms with Crippen LogP contribution in [-0.4, -0.2) is 18.0 Å². The molecule has 1 atom stereocenters. The third-order valence-corrected chi connectivity index (χ3v) is 3.19. The molecule has 1 aliphatic heterocycles. The normalized spacial score (nSPS) is 20.0. The van der Waals surface area contributed by atoms with Gasteiger partial charge in [0.05, 0.1) is 11.5 Å². The summed E-state index contributed by atoms with van der Waals surface area (Å²) in [7, 11) is 0. The van der Waals surface area contributed by atoms with Crippen molar-refractivity contribution in [3.63, 3.8) is 0 Å². The smallest absolute Gasteiger partial charge is 0.171 e. The van der Waals surface area contributed by atoms with E-state index < -0.39 is 0 Å². The van der Waals surface area contributed by atoms with E-state index in [4.69, 9.17) is 10.5 Å². The fourth-order valence-corrected chi connectivity index (χ4v) is 2.11. The standard InChI is InChI=1S/C10H13NO2S/c1-14-8-3-2-6-7(11)4-5-13-10(6)9(8)12/h2-3,7,12H,4-5,11H2,1H3/t7-/m1/s1. The lowest BCUT2D eigenvalue weighted by molar-refractivity contribution is 0.253. The molecule has 4 heteroatoms. The molecule has 2 rings (SSSR count). The molecule has 0 bridgehead atoms. The number of ether oxygens (including phenoxy) is 1. The van der Waals surface area contributed by atoms with Gasteiger partial charge in [0.2, 0.25) is 0 Å². The van der Waals surface area contributed by atoms with Crippen LogP contribution in [0, 0.1) is 0 Å². The number of aromatic hydroxyl groups is 1. The molecule has 3 nitrogen and oxygen atoms in total. The molecule has 1 heterocycles. The summed E-state index contributed by atoms with van der Waals surface area (Å²) in [6.45, 7) is 0.583. The van der Waals surface area contributed by atoms with Crippen molar-refractivity contribution >= 4 is 11.8 Å². The fourth-order valence-electron chi connectivity index (χ4n) is 1.62. The third kappa shape index (κ3) is 1.44. The average molecular weight is 211 g/mol. The Morgan fingerprint density at radius 1 is 1.57 bits per heavy atom. The van der Waals surface area contributed by atoms with Gasteiger partial charge in [0.25, 0.3) is 0 Å². The zero-order valence-corrected chi connectivity index (χ0v) is 8.80. The maximum absolute atomic E-state index is 9.85. The number of hydrogen-bond acceptors (Lipinski definition) is 4. The lowest BCUT2D eigenvalue weighted by Gasteiger charge is -2.24. The van der Waals surface area contributed by atoms with Crippen LogP contribution in [0.15, 0.2) is 17.0 Å². The van der Waals surface area contributed by atoms with E-state index in [2.05, 4.69) is 0 Å². The molecule has 0 radical (unpaired) electrons. The van der Waals surface area contributed by atoms with Crippen LogP contribution in [-0.2, 0) is 0 Å². The van der Waals surface area contributed by atoms with Crippen LogP contribution in [0.5, 0.6) is 11.5 Å². The summed E-state index contributed by atoms with van der Waals surface area (Å²) in [5.41, 5.74) is 6.82. The first-order valence-electron chi connectivity index (χ1n) is 4.52. The van der Waals surface area contributed by atoms with Gasteiger partial charge >= 0.3 is 0 Å². The minimum Gasteiger partial charge on any atom is -0.503 e. The summed E-state index contributed by atoms with van der Waals surface area (Å²) in [6, 6.07) is 3.80. The van der Waals surface area contributed by atoms with Crippen LogP contribution in [0.25, 0.3) is 0 Å². The molecule has 0 spiro atoms. The lowest BCUT2D eigenvalue weighted by atomic mass is 10.0. The molecule has 0 amide bonds. The fraction of sp³-hybridized carbons (Fsp3) is 0.400. The molecule has 1 aromatic rings. The van der Waals surface area contributed by atoms with Gasteiger partial charge in [0.15, 0.2) is 11.5 Å². The molecule has 76 valence electrons. The highest BCUT2D eigenvalue weighted by molar-refractivity contribution is 7.98. The molecular weight excluding hydrogens is 198 g/mol. The van der Waals surface area contributed by atoms with E-state index in [0.29, 0.717) is 12.4 Å². The van der Waals surface area contributed by atoms with Crippen molar-refractivity contribution in [1.29, 1.82) is 0 Å². The number of hydrogen-bond donors (Lipinski definition) is 2. The molecule has 0 saturated carbocycles. The summed E-state index contributed by atoms with van der Waals surface area (Å²) in [5.74, 6) is 0.792. The van der Waals surface area contributed by atoms with Crippen molar-refractivity contribution in [3.8, 4) is 11.5 Å². The second-order valence-corrected chi connectivity index (χ2v) is 4.13. The Morgan fingerprint density at radius 2 is 2.36 bits per heavy atom. The van der Waals surface area contributed by atoms with E-state index in [1.165, 1.54) is 11.8 Å². The Balaban J connectivity index is 2.52. The summed E-state index contributed by atoms with van der Waals surface area (Å²) in [5, 5.41) is 9.85. The van der Waals surface area contributed by atoms with Gasteiger partial charge < -0.3 is 15.6 Å². The third-order valence-electron chi connectivity index (χ3n) is 2.42. The number of benzene rings is 1. The number of phenols is 1. The summed E-state index contributed by atoms with van der Waals surface area (Å²) < 4.78 is 5.42.